The quantitative estimate of drug-likeness (QED) is 0.723. The van der Waals surface area contributed by atoms with E-state index in [-0.39, 0.29) is 5.60 Å². The molecule has 5 rings (SSSR count). The Balaban J connectivity index is 1.52. The summed E-state index contributed by atoms with van der Waals surface area (Å²) in [6.45, 7) is 5.97. The average molecular weight is 326 g/mol. The summed E-state index contributed by atoms with van der Waals surface area (Å²) >= 11 is 0. The molecule has 2 nitrogen and oxygen atoms in total. The van der Waals surface area contributed by atoms with E-state index in [2.05, 4.69) is 19.9 Å². The second kappa shape index (κ2) is 5.00. The third kappa shape index (κ3) is 1.76. The number of hydrogen-bond acceptors (Lipinski definition) is 2. The van der Waals surface area contributed by atoms with Crippen LogP contribution < -0.4 is 0 Å². The van der Waals surface area contributed by atoms with E-state index in [0.717, 1.165) is 30.8 Å². The summed E-state index contributed by atoms with van der Waals surface area (Å²) in [5, 5.41) is 9.83. The second-order valence-electron chi connectivity index (χ2n) is 9.22. The highest BCUT2D eigenvalue weighted by atomic mass is 16.5. The zero-order chi connectivity index (χ0) is 16.5. The van der Waals surface area contributed by atoms with Gasteiger partial charge < -0.3 is 9.84 Å². The molecule has 1 aromatic carbocycles. The van der Waals surface area contributed by atoms with E-state index in [4.69, 9.17) is 4.74 Å². The Labute approximate surface area is 145 Å². The van der Waals surface area contributed by atoms with Crippen molar-refractivity contribution in [3.05, 3.63) is 29.3 Å². The van der Waals surface area contributed by atoms with E-state index in [1.165, 1.54) is 49.7 Å². The van der Waals surface area contributed by atoms with Crippen molar-refractivity contribution >= 4 is 0 Å². The Morgan fingerprint density at radius 1 is 1.12 bits per heavy atom. The molecule has 0 radical (unpaired) electrons. The molecule has 2 saturated carbocycles. The number of rotatable bonds is 0. The predicted octanol–water partition coefficient (Wildman–Crippen LogP) is 5.04. The van der Waals surface area contributed by atoms with E-state index >= 15 is 0 Å². The van der Waals surface area contributed by atoms with E-state index in [0.29, 0.717) is 17.1 Å². The molecule has 130 valence electrons. The van der Waals surface area contributed by atoms with Crippen LogP contribution in [0.3, 0.4) is 0 Å². The van der Waals surface area contributed by atoms with Crippen molar-refractivity contribution in [2.75, 3.05) is 6.61 Å². The van der Waals surface area contributed by atoms with Crippen LogP contribution in [-0.4, -0.2) is 17.3 Å². The lowest BCUT2D eigenvalue weighted by Gasteiger charge is -2.54. The van der Waals surface area contributed by atoms with Gasteiger partial charge in [-0.2, -0.15) is 0 Å². The fraction of sp³-hybridized carbons (Fsp3) is 0.727. The summed E-state index contributed by atoms with van der Waals surface area (Å²) in [4.78, 5) is 0. The van der Waals surface area contributed by atoms with Crippen molar-refractivity contribution in [3.8, 4) is 5.75 Å². The molecule has 4 aliphatic rings. The first-order chi connectivity index (χ1) is 11.6. The molecule has 0 amide bonds. The highest BCUT2D eigenvalue weighted by Crippen LogP contribution is 2.68. The molecular weight excluding hydrogens is 296 g/mol. The summed E-state index contributed by atoms with van der Waals surface area (Å²) in [6.07, 6.45) is 8.93. The number of hydrogen-bond donors (Lipinski definition) is 1. The van der Waals surface area contributed by atoms with Gasteiger partial charge in [0.2, 0.25) is 0 Å². The normalized spacial score (nSPS) is 46.6. The highest BCUT2D eigenvalue weighted by molar-refractivity contribution is 5.40. The Morgan fingerprint density at radius 3 is 2.79 bits per heavy atom. The van der Waals surface area contributed by atoms with E-state index in [9.17, 15) is 5.11 Å². The van der Waals surface area contributed by atoms with Crippen LogP contribution in [0.1, 0.15) is 69.4 Å². The first-order valence-corrected chi connectivity index (χ1v) is 10.0. The zero-order valence-corrected chi connectivity index (χ0v) is 15.1. The number of ether oxygens (including phenoxy) is 1. The molecule has 1 saturated heterocycles. The van der Waals surface area contributed by atoms with Crippen molar-refractivity contribution in [2.24, 2.45) is 23.2 Å². The Hall–Kier alpha value is -1.02. The number of aryl methyl sites for hydroxylation is 1. The smallest absolute Gasteiger partial charge is 0.115 e. The molecule has 0 aromatic heterocycles. The van der Waals surface area contributed by atoms with Gasteiger partial charge in [0.15, 0.2) is 0 Å². The van der Waals surface area contributed by atoms with Crippen LogP contribution in [0.25, 0.3) is 0 Å². The number of benzene rings is 1. The second-order valence-corrected chi connectivity index (χ2v) is 9.22. The predicted molar refractivity (Wildman–Crippen MR) is 95.2 cm³/mol. The third-order valence-corrected chi connectivity index (χ3v) is 8.60. The standard InChI is InChI=1S/C22H30O2/c1-14-9-12-24-22(14)11-8-20-19-5-3-15-13-16(23)4-6-17(15)18(19)7-10-21(20,22)2/h4,6,13-14,18-20,23H,3,5,7-12H2,1-2H3/t14-,18-,19-,20+,21+,22+/m1/s1. The van der Waals surface area contributed by atoms with Gasteiger partial charge in [0.05, 0.1) is 5.60 Å². The number of aromatic hydroxyl groups is 1. The average Bonchev–Trinajstić information content (AvgIpc) is 3.09. The topological polar surface area (TPSA) is 29.5 Å². The van der Waals surface area contributed by atoms with Crippen molar-refractivity contribution in [2.45, 2.75) is 70.3 Å². The number of fused-ring (bicyclic) bond motifs is 6. The number of phenolic OH excluding ortho intramolecular Hbond substituents is 1. The third-order valence-electron chi connectivity index (χ3n) is 8.60. The minimum absolute atomic E-state index is 0.165. The molecule has 0 bridgehead atoms. The zero-order valence-electron chi connectivity index (χ0n) is 15.1. The fourth-order valence-corrected chi connectivity index (χ4v) is 7.44. The molecule has 2 heteroatoms. The largest absolute Gasteiger partial charge is 0.508 e. The van der Waals surface area contributed by atoms with Gasteiger partial charge in [-0.05, 0) is 97.3 Å². The Morgan fingerprint density at radius 2 is 2.00 bits per heavy atom. The molecule has 1 N–H and O–H groups in total. The number of phenols is 1. The van der Waals surface area contributed by atoms with E-state index in [1.54, 1.807) is 0 Å². The van der Waals surface area contributed by atoms with Crippen LogP contribution in [0.2, 0.25) is 0 Å². The minimum Gasteiger partial charge on any atom is -0.508 e. The minimum atomic E-state index is 0.165. The van der Waals surface area contributed by atoms with Crippen molar-refractivity contribution in [3.63, 3.8) is 0 Å². The van der Waals surface area contributed by atoms with Crippen LogP contribution in [-0.2, 0) is 11.2 Å². The van der Waals surface area contributed by atoms with Crippen molar-refractivity contribution in [1.29, 1.82) is 0 Å². The molecule has 24 heavy (non-hydrogen) atoms. The summed E-state index contributed by atoms with van der Waals surface area (Å²) < 4.78 is 6.52. The van der Waals surface area contributed by atoms with Gasteiger partial charge in [0, 0.05) is 6.61 Å². The summed E-state index contributed by atoms with van der Waals surface area (Å²) in [5.74, 6) is 3.49. The highest BCUT2D eigenvalue weighted by Gasteiger charge is 2.65. The molecule has 0 unspecified atom stereocenters. The summed E-state index contributed by atoms with van der Waals surface area (Å²) in [5.41, 5.74) is 3.47. The van der Waals surface area contributed by atoms with Gasteiger partial charge in [-0.3, -0.25) is 0 Å². The van der Waals surface area contributed by atoms with E-state index < -0.39 is 0 Å². The molecule has 1 aliphatic heterocycles. The van der Waals surface area contributed by atoms with Crippen molar-refractivity contribution < 1.29 is 9.84 Å². The maximum absolute atomic E-state index is 9.83. The Kier molecular flexibility index (Phi) is 3.18. The van der Waals surface area contributed by atoms with Gasteiger partial charge in [0.25, 0.3) is 0 Å². The van der Waals surface area contributed by atoms with Gasteiger partial charge in [-0.15, -0.1) is 0 Å². The van der Waals surface area contributed by atoms with Gasteiger partial charge in [-0.25, -0.2) is 0 Å². The molecule has 1 spiro atoms. The first-order valence-electron chi connectivity index (χ1n) is 10.0. The molecular formula is C22H30O2. The Bertz CT molecular complexity index is 668. The molecule has 1 heterocycles. The summed E-state index contributed by atoms with van der Waals surface area (Å²) in [7, 11) is 0. The van der Waals surface area contributed by atoms with Gasteiger partial charge in [0.1, 0.15) is 5.75 Å². The lowest BCUT2D eigenvalue weighted by Crippen LogP contribution is -2.53. The fourth-order valence-electron chi connectivity index (χ4n) is 7.44. The van der Waals surface area contributed by atoms with Crippen LogP contribution in [0.15, 0.2) is 18.2 Å². The van der Waals surface area contributed by atoms with Gasteiger partial charge in [-0.1, -0.05) is 19.9 Å². The van der Waals surface area contributed by atoms with E-state index in [1.807, 2.05) is 12.1 Å². The maximum atomic E-state index is 9.83. The molecule has 1 aromatic rings. The monoisotopic (exact) mass is 326 g/mol. The molecule has 3 fully saturated rings. The van der Waals surface area contributed by atoms with Crippen LogP contribution in [0, 0.1) is 23.2 Å². The van der Waals surface area contributed by atoms with Crippen LogP contribution in [0.5, 0.6) is 5.75 Å². The SMILES string of the molecule is C[C@@H]1CCO[C@@]12CC[C@H]1[C@@H]3CCc4cc(O)ccc4[C@H]3CC[C@@]12C. The summed E-state index contributed by atoms with van der Waals surface area (Å²) in [6, 6.07) is 6.12. The molecule has 6 atom stereocenters. The van der Waals surface area contributed by atoms with Crippen LogP contribution >= 0.6 is 0 Å². The first kappa shape index (κ1) is 15.3. The lowest BCUT2D eigenvalue weighted by atomic mass is 9.52. The molecule has 3 aliphatic carbocycles. The van der Waals surface area contributed by atoms with Gasteiger partial charge >= 0.3 is 0 Å². The van der Waals surface area contributed by atoms with Crippen LogP contribution in [0.4, 0.5) is 0 Å². The lowest BCUT2D eigenvalue weighted by molar-refractivity contribution is -0.131. The van der Waals surface area contributed by atoms with Crippen molar-refractivity contribution in [1.82, 2.24) is 0 Å². The maximum Gasteiger partial charge on any atom is 0.115 e.